The number of hydrogen-bond acceptors (Lipinski definition) is 2. The highest BCUT2D eigenvalue weighted by Crippen LogP contribution is 2.32. The van der Waals surface area contributed by atoms with Crippen LogP contribution in [0, 0.1) is 0 Å². The summed E-state index contributed by atoms with van der Waals surface area (Å²) < 4.78 is 43.4. The van der Waals surface area contributed by atoms with E-state index in [9.17, 15) is 13.2 Å². The molecule has 20 heavy (non-hydrogen) atoms. The highest BCUT2D eigenvalue weighted by Gasteiger charge is 2.30. The predicted octanol–water partition coefficient (Wildman–Crippen LogP) is 4.43. The summed E-state index contributed by atoms with van der Waals surface area (Å²) in [6, 6.07) is 11.9. The van der Waals surface area contributed by atoms with Gasteiger partial charge in [0, 0.05) is 5.69 Å². The van der Waals surface area contributed by atoms with Crippen molar-refractivity contribution in [3.63, 3.8) is 0 Å². The molecule has 0 saturated heterocycles. The third kappa shape index (κ3) is 3.44. The van der Waals surface area contributed by atoms with Crippen LogP contribution >= 0.6 is 0 Å². The van der Waals surface area contributed by atoms with Crippen LogP contribution in [0.2, 0.25) is 0 Å². The van der Waals surface area contributed by atoms with E-state index in [0.29, 0.717) is 5.69 Å². The SMILES string of the molecule is CC(Oc1cccc(C(F)(F)F)c1)c1cccc(N)c1. The maximum atomic E-state index is 12.6. The van der Waals surface area contributed by atoms with Crippen molar-refractivity contribution in [2.24, 2.45) is 0 Å². The topological polar surface area (TPSA) is 35.2 Å². The van der Waals surface area contributed by atoms with Gasteiger partial charge in [0.1, 0.15) is 11.9 Å². The first-order valence-electron chi connectivity index (χ1n) is 6.05. The molecule has 0 radical (unpaired) electrons. The van der Waals surface area contributed by atoms with Gasteiger partial charge < -0.3 is 10.5 Å². The van der Waals surface area contributed by atoms with Crippen molar-refractivity contribution in [3.8, 4) is 5.75 Å². The predicted molar refractivity (Wildman–Crippen MR) is 71.3 cm³/mol. The van der Waals surface area contributed by atoms with E-state index in [-0.39, 0.29) is 11.9 Å². The number of alkyl halides is 3. The minimum Gasteiger partial charge on any atom is -0.486 e. The van der Waals surface area contributed by atoms with Gasteiger partial charge in [0.2, 0.25) is 0 Å². The highest BCUT2D eigenvalue weighted by atomic mass is 19.4. The number of ether oxygens (including phenoxy) is 1. The van der Waals surface area contributed by atoms with Gasteiger partial charge >= 0.3 is 6.18 Å². The Labute approximate surface area is 115 Å². The maximum absolute atomic E-state index is 12.6. The molecule has 0 fully saturated rings. The molecule has 2 nitrogen and oxygen atoms in total. The fraction of sp³-hybridized carbons (Fsp3) is 0.200. The number of hydrogen-bond donors (Lipinski definition) is 1. The molecule has 2 aromatic rings. The second kappa shape index (κ2) is 5.45. The summed E-state index contributed by atoms with van der Waals surface area (Å²) in [7, 11) is 0. The quantitative estimate of drug-likeness (QED) is 0.845. The van der Waals surface area contributed by atoms with E-state index < -0.39 is 11.7 Å². The van der Waals surface area contributed by atoms with Gasteiger partial charge in [-0.15, -0.1) is 0 Å². The number of rotatable bonds is 3. The average molecular weight is 281 g/mol. The molecule has 2 rings (SSSR count). The lowest BCUT2D eigenvalue weighted by Crippen LogP contribution is -2.07. The summed E-state index contributed by atoms with van der Waals surface area (Å²) in [6.07, 6.45) is -4.76. The molecule has 1 atom stereocenters. The Morgan fingerprint density at radius 1 is 1.05 bits per heavy atom. The number of nitrogens with two attached hydrogens (primary N) is 1. The van der Waals surface area contributed by atoms with Gasteiger partial charge in [0.15, 0.2) is 0 Å². The maximum Gasteiger partial charge on any atom is 0.416 e. The van der Waals surface area contributed by atoms with Gasteiger partial charge in [0.05, 0.1) is 5.56 Å². The van der Waals surface area contributed by atoms with Crippen LogP contribution in [0.1, 0.15) is 24.2 Å². The third-order valence-corrected chi connectivity index (χ3v) is 2.85. The summed E-state index contributed by atoms with van der Waals surface area (Å²) in [5.41, 5.74) is 6.33. The Balaban J connectivity index is 2.18. The Hall–Kier alpha value is -2.17. The van der Waals surface area contributed by atoms with E-state index in [0.717, 1.165) is 17.7 Å². The summed E-state index contributed by atoms with van der Waals surface area (Å²) in [4.78, 5) is 0. The molecule has 0 saturated carbocycles. The number of benzene rings is 2. The molecular formula is C15H14F3NO. The number of anilines is 1. The van der Waals surface area contributed by atoms with E-state index in [1.807, 2.05) is 6.07 Å². The first-order valence-corrected chi connectivity index (χ1v) is 6.05. The molecule has 0 spiro atoms. The second-order valence-corrected chi connectivity index (χ2v) is 4.46. The molecule has 2 N–H and O–H groups in total. The summed E-state index contributed by atoms with van der Waals surface area (Å²) >= 11 is 0. The van der Waals surface area contributed by atoms with Crippen molar-refractivity contribution in [2.45, 2.75) is 19.2 Å². The lowest BCUT2D eigenvalue weighted by Gasteiger charge is -2.16. The molecular weight excluding hydrogens is 267 g/mol. The molecule has 0 aromatic heterocycles. The van der Waals surface area contributed by atoms with E-state index >= 15 is 0 Å². The molecule has 0 amide bonds. The zero-order chi connectivity index (χ0) is 14.8. The van der Waals surface area contributed by atoms with Crippen molar-refractivity contribution in [1.29, 1.82) is 0 Å². The van der Waals surface area contributed by atoms with Crippen LogP contribution in [0.4, 0.5) is 18.9 Å². The van der Waals surface area contributed by atoms with Crippen LogP contribution in [0.5, 0.6) is 5.75 Å². The van der Waals surface area contributed by atoms with Crippen molar-refractivity contribution >= 4 is 5.69 Å². The Bertz CT molecular complexity index is 596. The van der Waals surface area contributed by atoms with Gasteiger partial charge in [0.25, 0.3) is 0 Å². The normalized spacial score (nSPS) is 13.0. The zero-order valence-electron chi connectivity index (χ0n) is 10.8. The second-order valence-electron chi connectivity index (χ2n) is 4.46. The molecule has 5 heteroatoms. The fourth-order valence-corrected chi connectivity index (χ4v) is 1.83. The molecule has 0 aliphatic rings. The van der Waals surface area contributed by atoms with Gasteiger partial charge in [-0.3, -0.25) is 0 Å². The molecule has 0 bridgehead atoms. The largest absolute Gasteiger partial charge is 0.486 e. The van der Waals surface area contributed by atoms with Crippen LogP contribution in [-0.2, 0) is 6.18 Å². The molecule has 0 aliphatic carbocycles. The van der Waals surface area contributed by atoms with E-state index in [2.05, 4.69) is 0 Å². The van der Waals surface area contributed by atoms with Gasteiger partial charge in [-0.05, 0) is 42.8 Å². The minimum absolute atomic E-state index is 0.176. The van der Waals surface area contributed by atoms with Crippen LogP contribution in [0.3, 0.4) is 0 Å². The van der Waals surface area contributed by atoms with Gasteiger partial charge in [-0.1, -0.05) is 18.2 Å². The van der Waals surface area contributed by atoms with Crippen LogP contribution in [0.15, 0.2) is 48.5 Å². The fourth-order valence-electron chi connectivity index (χ4n) is 1.83. The van der Waals surface area contributed by atoms with E-state index in [1.54, 1.807) is 25.1 Å². The van der Waals surface area contributed by atoms with Crippen LogP contribution < -0.4 is 10.5 Å². The van der Waals surface area contributed by atoms with Crippen LogP contribution in [-0.4, -0.2) is 0 Å². The van der Waals surface area contributed by atoms with E-state index in [1.165, 1.54) is 12.1 Å². The number of halogens is 3. The van der Waals surface area contributed by atoms with Gasteiger partial charge in [-0.2, -0.15) is 13.2 Å². The molecule has 2 aromatic carbocycles. The van der Waals surface area contributed by atoms with Crippen molar-refractivity contribution in [1.82, 2.24) is 0 Å². The van der Waals surface area contributed by atoms with Crippen molar-refractivity contribution in [2.75, 3.05) is 5.73 Å². The average Bonchev–Trinajstić information content (AvgIpc) is 2.38. The molecule has 0 heterocycles. The zero-order valence-corrected chi connectivity index (χ0v) is 10.8. The summed E-state index contributed by atoms with van der Waals surface area (Å²) in [5.74, 6) is 0.176. The third-order valence-electron chi connectivity index (χ3n) is 2.85. The van der Waals surface area contributed by atoms with Crippen LogP contribution in [0.25, 0.3) is 0 Å². The lowest BCUT2D eigenvalue weighted by atomic mass is 10.1. The van der Waals surface area contributed by atoms with E-state index in [4.69, 9.17) is 10.5 Å². The van der Waals surface area contributed by atoms with Crippen molar-refractivity contribution < 1.29 is 17.9 Å². The molecule has 106 valence electrons. The molecule has 0 aliphatic heterocycles. The molecule has 1 unspecified atom stereocenters. The summed E-state index contributed by atoms with van der Waals surface area (Å²) in [5, 5.41) is 0. The van der Waals surface area contributed by atoms with Crippen molar-refractivity contribution in [3.05, 3.63) is 59.7 Å². The smallest absolute Gasteiger partial charge is 0.416 e. The standard InChI is InChI=1S/C15H14F3NO/c1-10(11-4-2-6-13(19)8-11)20-14-7-3-5-12(9-14)15(16,17)18/h2-10H,19H2,1H3. The lowest BCUT2D eigenvalue weighted by molar-refractivity contribution is -0.137. The van der Waals surface area contributed by atoms with Gasteiger partial charge in [-0.25, -0.2) is 0 Å². The Kier molecular flexibility index (Phi) is 3.88. The minimum atomic E-state index is -4.38. The first-order chi connectivity index (χ1) is 9.36. The number of nitrogen functional groups attached to an aromatic ring is 1. The Morgan fingerprint density at radius 2 is 1.75 bits per heavy atom. The first kappa shape index (κ1) is 14.2. The highest BCUT2D eigenvalue weighted by molar-refractivity contribution is 5.41. The summed E-state index contributed by atoms with van der Waals surface area (Å²) in [6.45, 7) is 1.76. The Morgan fingerprint density at radius 3 is 2.40 bits per heavy atom. The monoisotopic (exact) mass is 281 g/mol.